The summed E-state index contributed by atoms with van der Waals surface area (Å²) in [6.45, 7) is 2.13. The Morgan fingerprint density at radius 3 is 2.89 bits per heavy atom. The molecular weight excluding hydrogens is 232 g/mol. The Labute approximate surface area is 105 Å². The van der Waals surface area contributed by atoms with Gasteiger partial charge in [-0.3, -0.25) is 4.98 Å². The molecule has 2 aliphatic heterocycles. The summed E-state index contributed by atoms with van der Waals surface area (Å²) >= 11 is 0. The highest BCUT2D eigenvalue weighted by atomic mass is 16.7. The van der Waals surface area contributed by atoms with Crippen LogP contribution in [0.4, 0.5) is 0 Å². The maximum absolute atomic E-state index is 5.80. The van der Waals surface area contributed by atoms with Crippen LogP contribution in [0.3, 0.4) is 0 Å². The van der Waals surface area contributed by atoms with Crippen molar-refractivity contribution in [2.24, 2.45) is 5.92 Å². The van der Waals surface area contributed by atoms with Crippen molar-refractivity contribution < 1.29 is 14.2 Å². The molecule has 0 amide bonds. The molecule has 96 valence electrons. The fraction of sp³-hybridized carbons (Fsp3) is 0.692. The van der Waals surface area contributed by atoms with E-state index in [1.54, 1.807) is 12.4 Å². The molecule has 5 nitrogen and oxygen atoms in total. The molecule has 0 radical (unpaired) electrons. The fourth-order valence-corrected chi connectivity index (χ4v) is 3.44. The first kappa shape index (κ1) is 10.7. The highest BCUT2D eigenvalue weighted by Gasteiger charge is 2.48. The SMILES string of the molecule is c1cnc2c(n1)OC[C@H]1CC3(CCC21)OCCO3. The van der Waals surface area contributed by atoms with Crippen molar-refractivity contribution in [3.63, 3.8) is 0 Å². The fourth-order valence-electron chi connectivity index (χ4n) is 3.44. The van der Waals surface area contributed by atoms with E-state index in [9.17, 15) is 0 Å². The number of nitrogens with zero attached hydrogens (tertiary/aromatic N) is 2. The summed E-state index contributed by atoms with van der Waals surface area (Å²) in [6, 6.07) is 0. The smallest absolute Gasteiger partial charge is 0.235 e. The quantitative estimate of drug-likeness (QED) is 0.696. The van der Waals surface area contributed by atoms with Gasteiger partial charge in [0.2, 0.25) is 5.88 Å². The van der Waals surface area contributed by atoms with Crippen LogP contribution in [0.5, 0.6) is 5.88 Å². The summed E-state index contributed by atoms with van der Waals surface area (Å²) in [7, 11) is 0. The largest absolute Gasteiger partial charge is 0.476 e. The molecule has 3 heterocycles. The zero-order valence-corrected chi connectivity index (χ0v) is 10.2. The number of ether oxygens (including phenoxy) is 3. The van der Waals surface area contributed by atoms with Crippen LogP contribution in [0.2, 0.25) is 0 Å². The van der Waals surface area contributed by atoms with Gasteiger partial charge in [0, 0.05) is 37.1 Å². The van der Waals surface area contributed by atoms with Crippen molar-refractivity contribution in [1.29, 1.82) is 0 Å². The zero-order valence-electron chi connectivity index (χ0n) is 10.2. The second kappa shape index (κ2) is 3.90. The van der Waals surface area contributed by atoms with Crippen molar-refractivity contribution in [3.05, 3.63) is 18.1 Å². The molecule has 1 aliphatic carbocycles. The van der Waals surface area contributed by atoms with E-state index in [0.29, 0.717) is 37.5 Å². The first-order chi connectivity index (χ1) is 8.86. The maximum atomic E-state index is 5.80. The molecule has 1 unspecified atom stereocenters. The van der Waals surface area contributed by atoms with Crippen LogP contribution in [0.15, 0.2) is 12.4 Å². The Morgan fingerprint density at radius 1 is 1.17 bits per heavy atom. The lowest BCUT2D eigenvalue weighted by Crippen LogP contribution is -2.43. The lowest BCUT2D eigenvalue weighted by Gasteiger charge is -2.42. The second-order valence-corrected chi connectivity index (χ2v) is 5.27. The van der Waals surface area contributed by atoms with Gasteiger partial charge in [0.05, 0.1) is 19.8 Å². The average molecular weight is 248 g/mol. The summed E-state index contributed by atoms with van der Waals surface area (Å²) in [5, 5.41) is 0. The Balaban J connectivity index is 1.62. The predicted octanol–water partition coefficient (Wildman–Crippen LogP) is 1.50. The van der Waals surface area contributed by atoms with Crippen LogP contribution in [0, 0.1) is 5.92 Å². The minimum absolute atomic E-state index is 0.343. The molecule has 2 fully saturated rings. The van der Waals surface area contributed by atoms with Crippen molar-refractivity contribution in [3.8, 4) is 5.88 Å². The normalized spacial score (nSPS) is 32.7. The van der Waals surface area contributed by atoms with E-state index in [4.69, 9.17) is 14.2 Å². The van der Waals surface area contributed by atoms with Crippen molar-refractivity contribution in [2.75, 3.05) is 19.8 Å². The molecule has 3 aliphatic rings. The Bertz CT molecular complexity index is 459. The molecule has 4 rings (SSSR count). The van der Waals surface area contributed by atoms with Crippen molar-refractivity contribution >= 4 is 0 Å². The van der Waals surface area contributed by atoms with Gasteiger partial charge in [-0.25, -0.2) is 4.98 Å². The van der Waals surface area contributed by atoms with Gasteiger partial charge in [-0.1, -0.05) is 0 Å². The first-order valence-electron chi connectivity index (χ1n) is 6.58. The van der Waals surface area contributed by atoms with Crippen LogP contribution < -0.4 is 4.74 Å². The van der Waals surface area contributed by atoms with Crippen molar-refractivity contribution in [2.45, 2.75) is 31.0 Å². The van der Waals surface area contributed by atoms with Gasteiger partial charge in [-0.15, -0.1) is 0 Å². The second-order valence-electron chi connectivity index (χ2n) is 5.27. The topological polar surface area (TPSA) is 53.5 Å². The molecule has 1 aromatic rings. The van der Waals surface area contributed by atoms with E-state index in [1.165, 1.54) is 0 Å². The summed E-state index contributed by atoms with van der Waals surface area (Å²) in [5.41, 5.74) is 1.02. The minimum Gasteiger partial charge on any atom is -0.476 e. The third-order valence-corrected chi connectivity index (χ3v) is 4.27. The highest BCUT2D eigenvalue weighted by Crippen LogP contribution is 2.48. The van der Waals surface area contributed by atoms with E-state index in [-0.39, 0.29) is 5.79 Å². The van der Waals surface area contributed by atoms with Crippen LogP contribution in [-0.4, -0.2) is 35.6 Å². The average Bonchev–Trinajstić information content (AvgIpc) is 2.86. The first-order valence-corrected chi connectivity index (χ1v) is 6.58. The van der Waals surface area contributed by atoms with Gasteiger partial charge in [-0.2, -0.15) is 0 Å². The van der Waals surface area contributed by atoms with Crippen LogP contribution >= 0.6 is 0 Å². The number of aromatic nitrogens is 2. The van der Waals surface area contributed by atoms with Crippen molar-refractivity contribution in [1.82, 2.24) is 9.97 Å². The van der Waals surface area contributed by atoms with E-state index in [1.807, 2.05) is 0 Å². The Morgan fingerprint density at radius 2 is 2.00 bits per heavy atom. The lowest BCUT2D eigenvalue weighted by molar-refractivity contribution is -0.193. The summed E-state index contributed by atoms with van der Waals surface area (Å²) < 4.78 is 17.3. The molecule has 1 saturated heterocycles. The van der Waals surface area contributed by atoms with Gasteiger partial charge in [-0.05, 0) is 6.42 Å². The third-order valence-electron chi connectivity index (χ3n) is 4.27. The van der Waals surface area contributed by atoms with Gasteiger partial charge in [0.25, 0.3) is 0 Å². The van der Waals surface area contributed by atoms with E-state index >= 15 is 0 Å². The van der Waals surface area contributed by atoms with Gasteiger partial charge >= 0.3 is 0 Å². The van der Waals surface area contributed by atoms with Gasteiger partial charge in [0.1, 0.15) is 5.69 Å². The highest BCUT2D eigenvalue weighted by molar-refractivity contribution is 5.26. The van der Waals surface area contributed by atoms with E-state index in [2.05, 4.69) is 9.97 Å². The molecule has 18 heavy (non-hydrogen) atoms. The van der Waals surface area contributed by atoms with E-state index in [0.717, 1.165) is 25.0 Å². The molecule has 1 spiro atoms. The van der Waals surface area contributed by atoms with E-state index < -0.39 is 0 Å². The molecule has 5 heteroatoms. The number of rotatable bonds is 0. The summed E-state index contributed by atoms with van der Waals surface area (Å²) in [4.78, 5) is 8.70. The molecule has 1 aromatic heterocycles. The standard InChI is InChI=1S/C13H16N2O3/c1-2-13(17-5-6-18-13)7-9-8-16-12-11(10(1)9)14-3-4-15-12/h3-4,9-10H,1-2,5-8H2/t9-,10?/m1/s1. The Hall–Kier alpha value is -1.20. The lowest BCUT2D eigenvalue weighted by atomic mass is 9.74. The monoisotopic (exact) mass is 248 g/mol. The molecule has 0 aromatic carbocycles. The van der Waals surface area contributed by atoms with Gasteiger partial charge in [0.15, 0.2) is 5.79 Å². The Kier molecular flexibility index (Phi) is 2.32. The molecule has 2 atom stereocenters. The molecule has 0 bridgehead atoms. The van der Waals surface area contributed by atoms with Crippen LogP contribution in [-0.2, 0) is 9.47 Å². The number of hydrogen-bond donors (Lipinski definition) is 0. The molecule has 0 N–H and O–H groups in total. The molecular formula is C13H16N2O3. The van der Waals surface area contributed by atoms with Crippen LogP contribution in [0.1, 0.15) is 30.9 Å². The minimum atomic E-state index is -0.343. The maximum Gasteiger partial charge on any atom is 0.235 e. The number of fused-ring (bicyclic) bond motifs is 3. The summed E-state index contributed by atoms with van der Waals surface area (Å²) in [6.07, 6.45) is 6.34. The summed E-state index contributed by atoms with van der Waals surface area (Å²) in [5.74, 6) is 1.24. The van der Waals surface area contributed by atoms with Gasteiger partial charge < -0.3 is 14.2 Å². The number of hydrogen-bond acceptors (Lipinski definition) is 5. The third kappa shape index (κ3) is 1.54. The predicted molar refractivity (Wildman–Crippen MR) is 62.2 cm³/mol. The zero-order chi connectivity index (χ0) is 12.0. The molecule has 1 saturated carbocycles. The van der Waals surface area contributed by atoms with Crippen LogP contribution in [0.25, 0.3) is 0 Å².